The third-order valence-electron chi connectivity index (χ3n) is 6.09. The molecule has 1 saturated carbocycles. The molecule has 2 aromatic heterocycles. The van der Waals surface area contributed by atoms with Crippen molar-refractivity contribution in [1.29, 1.82) is 0 Å². The summed E-state index contributed by atoms with van der Waals surface area (Å²) in [6, 6.07) is 5.64. The molecule has 0 saturated heterocycles. The van der Waals surface area contributed by atoms with Crippen molar-refractivity contribution in [2.75, 3.05) is 6.54 Å². The zero-order chi connectivity index (χ0) is 23.6. The molecule has 7 heteroatoms. The summed E-state index contributed by atoms with van der Waals surface area (Å²) in [7, 11) is 0. The molecular formula is C26H36N4O3. The summed E-state index contributed by atoms with van der Waals surface area (Å²) < 4.78 is 1.70. The molecule has 0 atom stereocenters. The van der Waals surface area contributed by atoms with Gasteiger partial charge in [0, 0.05) is 31.2 Å². The molecule has 178 valence electrons. The maximum atomic E-state index is 13.2. The Morgan fingerprint density at radius 1 is 1.03 bits per heavy atom. The standard InChI is InChI=1S/C26H36N4O3/c1-19(2)13-15-28-25(32)22-17-30(16-21-12-8-9-14-27-21)18-23(24(22)31)26(33)29-20-10-6-4-3-5-7-11-20/h8-9,12,14,17-20H,3-7,10-11,13,15-16H2,1-2H3,(H,28,32)(H,29,33). The van der Waals surface area contributed by atoms with Crippen LogP contribution in [0.4, 0.5) is 0 Å². The SMILES string of the molecule is CC(C)CCNC(=O)c1cn(Cc2ccccn2)cc(C(=O)NC2CCCCCCC2)c1=O. The predicted octanol–water partition coefficient (Wildman–Crippen LogP) is 3.91. The lowest BCUT2D eigenvalue weighted by atomic mass is 9.96. The first-order valence-electron chi connectivity index (χ1n) is 12.2. The molecule has 7 nitrogen and oxygen atoms in total. The molecule has 33 heavy (non-hydrogen) atoms. The second-order valence-electron chi connectivity index (χ2n) is 9.36. The Morgan fingerprint density at radius 2 is 1.70 bits per heavy atom. The van der Waals surface area contributed by atoms with E-state index in [4.69, 9.17) is 0 Å². The zero-order valence-corrected chi connectivity index (χ0v) is 19.8. The molecule has 2 amide bonds. The van der Waals surface area contributed by atoms with Crippen molar-refractivity contribution in [3.05, 3.63) is 63.8 Å². The Balaban J connectivity index is 1.86. The number of carbonyl (C=O) groups is 2. The molecule has 1 fully saturated rings. The minimum atomic E-state index is -0.530. The first-order chi connectivity index (χ1) is 15.9. The van der Waals surface area contributed by atoms with Gasteiger partial charge in [0.15, 0.2) is 0 Å². The van der Waals surface area contributed by atoms with Gasteiger partial charge < -0.3 is 15.2 Å². The van der Waals surface area contributed by atoms with Gasteiger partial charge in [-0.25, -0.2) is 0 Å². The van der Waals surface area contributed by atoms with Crippen LogP contribution in [0.2, 0.25) is 0 Å². The van der Waals surface area contributed by atoms with Crippen LogP contribution in [0.25, 0.3) is 0 Å². The van der Waals surface area contributed by atoms with Crippen molar-refractivity contribution in [1.82, 2.24) is 20.2 Å². The minimum absolute atomic E-state index is 0.00417. The van der Waals surface area contributed by atoms with E-state index in [0.29, 0.717) is 19.0 Å². The van der Waals surface area contributed by atoms with Gasteiger partial charge in [-0.15, -0.1) is 0 Å². The number of pyridine rings is 2. The van der Waals surface area contributed by atoms with Crippen LogP contribution in [-0.2, 0) is 6.54 Å². The second kappa shape index (κ2) is 12.3. The first-order valence-corrected chi connectivity index (χ1v) is 12.2. The van der Waals surface area contributed by atoms with Crippen molar-refractivity contribution >= 4 is 11.8 Å². The van der Waals surface area contributed by atoms with E-state index in [1.807, 2.05) is 18.2 Å². The number of carbonyl (C=O) groups excluding carboxylic acids is 2. The number of amides is 2. The highest BCUT2D eigenvalue weighted by Crippen LogP contribution is 2.17. The quantitative estimate of drug-likeness (QED) is 0.635. The molecular weight excluding hydrogens is 416 g/mol. The molecule has 2 heterocycles. The molecule has 2 N–H and O–H groups in total. The van der Waals surface area contributed by atoms with Gasteiger partial charge in [-0.3, -0.25) is 19.4 Å². The van der Waals surface area contributed by atoms with E-state index in [-0.39, 0.29) is 17.2 Å². The summed E-state index contributed by atoms with van der Waals surface area (Å²) >= 11 is 0. The Bertz CT molecular complexity index is 977. The van der Waals surface area contributed by atoms with E-state index in [2.05, 4.69) is 29.5 Å². The molecule has 1 aliphatic rings. The van der Waals surface area contributed by atoms with Crippen LogP contribution in [0, 0.1) is 5.92 Å². The highest BCUT2D eigenvalue weighted by Gasteiger charge is 2.22. The van der Waals surface area contributed by atoms with Crippen molar-refractivity contribution in [3.8, 4) is 0 Å². The van der Waals surface area contributed by atoms with E-state index in [1.54, 1.807) is 17.0 Å². The predicted molar refractivity (Wildman–Crippen MR) is 129 cm³/mol. The molecule has 0 spiro atoms. The van der Waals surface area contributed by atoms with Gasteiger partial charge in [-0.2, -0.15) is 0 Å². The van der Waals surface area contributed by atoms with Crippen LogP contribution >= 0.6 is 0 Å². The zero-order valence-electron chi connectivity index (χ0n) is 19.8. The van der Waals surface area contributed by atoms with Crippen molar-refractivity contribution < 1.29 is 9.59 Å². The second-order valence-corrected chi connectivity index (χ2v) is 9.36. The van der Waals surface area contributed by atoms with Crippen LogP contribution < -0.4 is 16.1 Å². The fraction of sp³-hybridized carbons (Fsp3) is 0.538. The Labute approximate surface area is 196 Å². The van der Waals surface area contributed by atoms with E-state index in [9.17, 15) is 14.4 Å². The largest absolute Gasteiger partial charge is 0.352 e. The molecule has 1 aliphatic carbocycles. The maximum Gasteiger partial charge on any atom is 0.256 e. The molecule has 0 aromatic carbocycles. The maximum absolute atomic E-state index is 13.2. The molecule has 2 aromatic rings. The van der Waals surface area contributed by atoms with Gasteiger partial charge >= 0.3 is 0 Å². The number of nitrogens with zero attached hydrogens (tertiary/aromatic N) is 2. The van der Waals surface area contributed by atoms with Gasteiger partial charge in [0.25, 0.3) is 11.8 Å². The van der Waals surface area contributed by atoms with Gasteiger partial charge in [-0.1, -0.05) is 52.0 Å². The van der Waals surface area contributed by atoms with E-state index in [1.165, 1.54) is 25.5 Å². The highest BCUT2D eigenvalue weighted by atomic mass is 16.2. The number of hydrogen-bond donors (Lipinski definition) is 2. The Kier molecular flexibility index (Phi) is 9.22. The van der Waals surface area contributed by atoms with E-state index in [0.717, 1.165) is 37.8 Å². The molecule has 3 rings (SSSR count). The highest BCUT2D eigenvalue weighted by molar-refractivity contribution is 5.99. The fourth-order valence-electron chi connectivity index (χ4n) is 4.16. The van der Waals surface area contributed by atoms with Crippen molar-refractivity contribution in [3.63, 3.8) is 0 Å². The van der Waals surface area contributed by atoms with Crippen LogP contribution in [0.15, 0.2) is 41.6 Å². The van der Waals surface area contributed by atoms with Crippen LogP contribution in [0.3, 0.4) is 0 Å². The monoisotopic (exact) mass is 452 g/mol. The Hall–Kier alpha value is -2.96. The van der Waals surface area contributed by atoms with Crippen LogP contribution in [-0.4, -0.2) is 34.0 Å². The van der Waals surface area contributed by atoms with Gasteiger partial charge in [0.1, 0.15) is 11.1 Å². The minimum Gasteiger partial charge on any atom is -0.352 e. The molecule has 0 bridgehead atoms. The number of aromatic nitrogens is 2. The molecule has 0 radical (unpaired) electrons. The summed E-state index contributed by atoms with van der Waals surface area (Å²) in [5.41, 5.74) is 0.237. The smallest absolute Gasteiger partial charge is 0.256 e. The molecule has 0 unspecified atom stereocenters. The van der Waals surface area contributed by atoms with Gasteiger partial charge in [-0.05, 0) is 37.3 Å². The average molecular weight is 453 g/mol. The topological polar surface area (TPSA) is 93.1 Å². The first kappa shape index (κ1) is 24.7. The lowest BCUT2D eigenvalue weighted by molar-refractivity contribution is 0.0928. The normalized spacial score (nSPS) is 15.0. The Morgan fingerprint density at radius 3 is 2.33 bits per heavy atom. The number of hydrogen-bond acceptors (Lipinski definition) is 4. The van der Waals surface area contributed by atoms with E-state index >= 15 is 0 Å². The summed E-state index contributed by atoms with van der Waals surface area (Å²) in [6.07, 6.45) is 13.2. The lowest BCUT2D eigenvalue weighted by Crippen LogP contribution is -2.40. The van der Waals surface area contributed by atoms with Crippen LogP contribution in [0.1, 0.15) is 91.6 Å². The fourth-order valence-corrected chi connectivity index (χ4v) is 4.16. The van der Waals surface area contributed by atoms with E-state index < -0.39 is 17.2 Å². The van der Waals surface area contributed by atoms with Gasteiger partial charge in [0.05, 0.1) is 12.2 Å². The third-order valence-corrected chi connectivity index (χ3v) is 6.09. The summed E-state index contributed by atoms with van der Waals surface area (Å²) in [6.45, 7) is 4.99. The van der Waals surface area contributed by atoms with Gasteiger partial charge in [0.2, 0.25) is 5.43 Å². The summed E-state index contributed by atoms with van der Waals surface area (Å²) in [4.78, 5) is 43.5. The molecule has 0 aliphatic heterocycles. The number of nitrogens with one attached hydrogen (secondary N) is 2. The third kappa shape index (κ3) is 7.55. The van der Waals surface area contributed by atoms with Crippen molar-refractivity contribution in [2.24, 2.45) is 5.92 Å². The lowest BCUT2D eigenvalue weighted by Gasteiger charge is -2.21. The summed E-state index contributed by atoms with van der Waals surface area (Å²) in [5.74, 6) is -0.416. The van der Waals surface area contributed by atoms with Crippen LogP contribution in [0.5, 0.6) is 0 Å². The summed E-state index contributed by atoms with van der Waals surface area (Å²) in [5, 5.41) is 5.88. The van der Waals surface area contributed by atoms with Crippen molar-refractivity contribution in [2.45, 2.75) is 77.8 Å². The average Bonchev–Trinajstić information content (AvgIpc) is 2.77. The number of rotatable bonds is 8.